The second-order valence-corrected chi connectivity index (χ2v) is 10.3. The number of hydrogen-bond donors (Lipinski definition) is 2. The van der Waals surface area contributed by atoms with Crippen LogP contribution in [-0.2, 0) is 6.42 Å². The predicted octanol–water partition coefficient (Wildman–Crippen LogP) is 6.93. The van der Waals surface area contributed by atoms with Crippen molar-refractivity contribution in [1.82, 2.24) is 9.78 Å². The molecule has 1 saturated carbocycles. The number of anilines is 2. The maximum atomic E-state index is 13.0. The van der Waals surface area contributed by atoms with Gasteiger partial charge in [-0.25, -0.2) is 9.48 Å². The Morgan fingerprint density at radius 1 is 1.03 bits per heavy atom. The molecule has 1 fully saturated rings. The van der Waals surface area contributed by atoms with Crippen LogP contribution in [0.3, 0.4) is 0 Å². The molecule has 196 valence electrons. The maximum absolute atomic E-state index is 13.0. The number of carboxylic acid groups (broad SMARTS) is 1. The quantitative estimate of drug-likeness (QED) is 0.261. The molecule has 2 atom stereocenters. The van der Waals surface area contributed by atoms with Gasteiger partial charge in [-0.3, -0.25) is 9.89 Å². The Labute approximate surface area is 227 Å². The van der Waals surface area contributed by atoms with Crippen LogP contribution >= 0.6 is 0 Å². The largest absolute Gasteiger partial charge is 0.477 e. The van der Waals surface area contributed by atoms with E-state index in [0.29, 0.717) is 17.6 Å². The van der Waals surface area contributed by atoms with E-state index in [-0.39, 0.29) is 11.3 Å². The fraction of sp³-hybridized carbons (Fsp3) is 0.242. The Morgan fingerprint density at radius 3 is 2.56 bits per heavy atom. The van der Waals surface area contributed by atoms with E-state index in [1.165, 1.54) is 52.5 Å². The van der Waals surface area contributed by atoms with Gasteiger partial charge in [0.25, 0.3) is 5.56 Å². The number of aryl methyl sites for hydroxylation is 1. The molecular weight excluding hydrogens is 486 g/mol. The van der Waals surface area contributed by atoms with Crippen LogP contribution in [0, 0.1) is 0 Å². The number of aromatic amines is 1. The molecule has 2 N–H and O–H groups in total. The Hall–Kier alpha value is -4.54. The molecule has 0 radical (unpaired) electrons. The summed E-state index contributed by atoms with van der Waals surface area (Å²) >= 11 is 0. The van der Waals surface area contributed by atoms with Crippen LogP contribution < -0.4 is 10.5 Å². The number of carbonyl (C=O) groups is 1. The number of hydrogen-bond acceptors (Lipinski definition) is 3. The lowest BCUT2D eigenvalue weighted by Crippen LogP contribution is -2.26. The number of nitrogens with zero attached hydrogens (tertiary/aromatic N) is 2. The first-order chi connectivity index (χ1) is 19.0. The molecule has 6 nitrogen and oxygen atoms in total. The van der Waals surface area contributed by atoms with Gasteiger partial charge >= 0.3 is 5.97 Å². The molecule has 1 aromatic heterocycles. The van der Waals surface area contributed by atoms with Gasteiger partial charge in [0.1, 0.15) is 0 Å². The minimum atomic E-state index is -1.19. The summed E-state index contributed by atoms with van der Waals surface area (Å²) in [4.78, 5) is 27.4. The molecule has 0 amide bonds. The van der Waals surface area contributed by atoms with Gasteiger partial charge in [0, 0.05) is 23.3 Å². The van der Waals surface area contributed by atoms with Crippen LogP contribution in [0.2, 0.25) is 0 Å². The Balaban J connectivity index is 1.32. The lowest BCUT2D eigenvalue weighted by molar-refractivity contribution is 0.0689. The summed E-state index contributed by atoms with van der Waals surface area (Å²) in [6, 6.07) is 24.9. The molecule has 1 aliphatic carbocycles. The lowest BCUT2D eigenvalue weighted by atomic mass is 9.96. The zero-order valence-electron chi connectivity index (χ0n) is 21.9. The molecule has 2 heterocycles. The zero-order chi connectivity index (χ0) is 26.9. The van der Waals surface area contributed by atoms with Crippen LogP contribution in [0.25, 0.3) is 17.8 Å². The number of para-hydroxylation sites is 1. The lowest BCUT2D eigenvalue weighted by Gasteiger charge is -2.27. The first-order valence-corrected chi connectivity index (χ1v) is 13.6. The second kappa shape index (κ2) is 10.3. The highest BCUT2D eigenvalue weighted by molar-refractivity contribution is 5.90. The van der Waals surface area contributed by atoms with E-state index in [9.17, 15) is 14.7 Å². The number of benzene rings is 3. The summed E-state index contributed by atoms with van der Waals surface area (Å²) in [5.74, 6) is -0.698. The molecule has 1 aliphatic heterocycles. The van der Waals surface area contributed by atoms with E-state index >= 15 is 0 Å². The molecule has 4 aromatic rings. The van der Waals surface area contributed by atoms with Gasteiger partial charge in [-0.1, -0.05) is 56.2 Å². The highest BCUT2D eigenvalue weighted by atomic mass is 16.4. The van der Waals surface area contributed by atoms with Gasteiger partial charge in [0.15, 0.2) is 5.69 Å². The summed E-state index contributed by atoms with van der Waals surface area (Å²) in [6.07, 6.45) is 9.10. The van der Waals surface area contributed by atoms with Crippen LogP contribution in [0.4, 0.5) is 11.4 Å². The maximum Gasteiger partial charge on any atom is 0.354 e. The van der Waals surface area contributed by atoms with E-state index in [1.807, 2.05) is 12.1 Å². The standard InChI is InChI=1S/C33H31N3O3/c1-2-8-22-15-18-24(19-16-22)35-29-14-7-12-26(29)28-21-23(17-20-30(28)35)9-6-13-27-31(33(38)39)34-36(32(27)37)25-10-4-3-5-11-25/h3-5,9-11,13,15-21,26,29,34H,2,7-8,12,14H2,1H3,(H,38,39). The summed E-state index contributed by atoms with van der Waals surface area (Å²) in [5.41, 5.74) is 9.34. The molecule has 6 rings (SSSR count). The van der Waals surface area contributed by atoms with Crippen molar-refractivity contribution in [1.29, 1.82) is 0 Å². The minimum absolute atomic E-state index is 0.0670. The van der Waals surface area contributed by atoms with Crippen molar-refractivity contribution in [2.75, 3.05) is 4.90 Å². The van der Waals surface area contributed by atoms with E-state index in [1.54, 1.807) is 24.3 Å². The topological polar surface area (TPSA) is 78.3 Å². The normalized spacial score (nSPS) is 17.4. The number of carboxylic acids is 1. The van der Waals surface area contributed by atoms with E-state index in [2.05, 4.69) is 65.1 Å². The Kier molecular flexibility index (Phi) is 6.55. The van der Waals surface area contributed by atoms with E-state index < -0.39 is 11.5 Å². The number of fused-ring (bicyclic) bond motifs is 3. The molecule has 39 heavy (non-hydrogen) atoms. The highest BCUT2D eigenvalue weighted by Crippen LogP contribution is 2.52. The summed E-state index contributed by atoms with van der Waals surface area (Å²) < 4.78 is 1.25. The van der Waals surface area contributed by atoms with E-state index in [4.69, 9.17) is 0 Å². The second-order valence-electron chi connectivity index (χ2n) is 10.3. The van der Waals surface area contributed by atoms with Crippen LogP contribution in [0.15, 0.2) is 83.3 Å². The molecule has 0 saturated heterocycles. The first kappa shape index (κ1) is 24.8. The fourth-order valence-corrected chi connectivity index (χ4v) is 6.14. The predicted molar refractivity (Wildman–Crippen MR) is 155 cm³/mol. The highest BCUT2D eigenvalue weighted by Gasteiger charge is 2.42. The third-order valence-electron chi connectivity index (χ3n) is 7.91. The fourth-order valence-electron chi connectivity index (χ4n) is 6.14. The molecular formula is C33H31N3O3. The van der Waals surface area contributed by atoms with E-state index in [0.717, 1.165) is 18.4 Å². The van der Waals surface area contributed by atoms with Crippen LogP contribution in [-0.4, -0.2) is 26.9 Å². The molecule has 2 unspecified atom stereocenters. The molecule has 0 spiro atoms. The third-order valence-corrected chi connectivity index (χ3v) is 7.91. The number of rotatable bonds is 7. The molecule has 3 aromatic carbocycles. The van der Waals surface area contributed by atoms with Gasteiger partial charge in [0.2, 0.25) is 0 Å². The average molecular weight is 518 g/mol. The Morgan fingerprint density at radius 2 is 1.82 bits per heavy atom. The monoisotopic (exact) mass is 517 g/mol. The smallest absolute Gasteiger partial charge is 0.354 e. The van der Waals surface area contributed by atoms with Crippen molar-refractivity contribution < 1.29 is 9.90 Å². The summed E-state index contributed by atoms with van der Waals surface area (Å²) in [6.45, 7) is 2.21. The van der Waals surface area contributed by atoms with Crippen molar-refractivity contribution in [2.45, 2.75) is 51.0 Å². The number of H-pyrrole nitrogens is 1. The van der Waals surface area contributed by atoms with Crippen molar-refractivity contribution in [3.63, 3.8) is 0 Å². The van der Waals surface area contributed by atoms with Crippen LogP contribution in [0.5, 0.6) is 0 Å². The number of aromatic carboxylic acids is 1. The third kappa shape index (κ3) is 4.53. The minimum Gasteiger partial charge on any atom is -0.477 e. The van der Waals surface area contributed by atoms with Crippen molar-refractivity contribution in [3.8, 4) is 5.69 Å². The van der Waals surface area contributed by atoms with Crippen molar-refractivity contribution in [2.24, 2.45) is 0 Å². The van der Waals surface area contributed by atoms with Gasteiger partial charge in [-0.2, -0.15) is 0 Å². The average Bonchev–Trinajstić information content (AvgIpc) is 3.63. The zero-order valence-corrected chi connectivity index (χ0v) is 21.9. The molecule has 2 aliphatic rings. The molecule has 6 heteroatoms. The van der Waals surface area contributed by atoms with Crippen LogP contribution in [0.1, 0.15) is 71.3 Å². The first-order valence-electron chi connectivity index (χ1n) is 13.6. The van der Waals surface area contributed by atoms with Gasteiger partial charge in [0.05, 0.1) is 11.3 Å². The van der Waals surface area contributed by atoms with Gasteiger partial charge < -0.3 is 10.0 Å². The van der Waals surface area contributed by atoms with Crippen molar-refractivity contribution in [3.05, 3.63) is 117 Å². The van der Waals surface area contributed by atoms with Crippen molar-refractivity contribution >= 4 is 29.5 Å². The number of nitrogens with one attached hydrogen (secondary N) is 1. The summed E-state index contributed by atoms with van der Waals surface area (Å²) in [5, 5.41) is 12.4. The van der Waals surface area contributed by atoms with Gasteiger partial charge in [-0.05, 0) is 84.5 Å². The van der Waals surface area contributed by atoms with Gasteiger partial charge in [-0.15, -0.1) is 5.73 Å². The molecule has 0 bridgehead atoms. The Bertz CT molecular complexity index is 1640. The SMILES string of the molecule is CCCc1ccc(N2c3ccc(C=C=Cc4c(C(=O)O)[nH]n(-c5ccccc5)c4=O)cc3C3CCCC32)cc1. The summed E-state index contributed by atoms with van der Waals surface area (Å²) in [7, 11) is 0. The number of aromatic nitrogens is 2.